The van der Waals surface area contributed by atoms with E-state index in [4.69, 9.17) is 14.7 Å². The van der Waals surface area contributed by atoms with Crippen LogP contribution in [-0.2, 0) is 24.2 Å². The van der Waals surface area contributed by atoms with Gasteiger partial charge < -0.3 is 9.47 Å². The number of carbonyl (C=O) groups is 3. The fourth-order valence-electron chi connectivity index (χ4n) is 4.86. The molecule has 38 heavy (non-hydrogen) atoms. The van der Waals surface area contributed by atoms with E-state index < -0.39 is 26.5 Å². The molecular formula is C26H31N3O8S. The Bertz CT molecular complexity index is 1260. The molecule has 12 heteroatoms. The Balaban J connectivity index is 1.36. The van der Waals surface area contributed by atoms with Crippen molar-refractivity contribution in [3.05, 3.63) is 54.6 Å². The summed E-state index contributed by atoms with van der Waals surface area (Å²) < 4.78 is 35.8. The fourth-order valence-corrected chi connectivity index (χ4v) is 6.80. The van der Waals surface area contributed by atoms with Crippen molar-refractivity contribution in [3.63, 3.8) is 0 Å². The van der Waals surface area contributed by atoms with Crippen molar-refractivity contribution in [2.45, 2.75) is 48.3 Å². The first-order valence-electron chi connectivity index (χ1n) is 12.5. The van der Waals surface area contributed by atoms with Gasteiger partial charge in [-0.05, 0) is 62.1 Å². The first-order chi connectivity index (χ1) is 18.3. The zero-order valence-electron chi connectivity index (χ0n) is 21.0. The minimum Gasteiger partial charge on any atom is -0.494 e. The number of imide groups is 1. The number of anilines is 1. The Hall–Kier alpha value is -3.48. The zero-order valence-corrected chi connectivity index (χ0v) is 21.9. The molecule has 2 aliphatic heterocycles. The summed E-state index contributed by atoms with van der Waals surface area (Å²) >= 11 is 0. The Kier molecular flexibility index (Phi) is 8.34. The number of rotatable bonds is 10. The lowest BCUT2D eigenvalue weighted by atomic mass is 9.98. The lowest BCUT2D eigenvalue weighted by Crippen LogP contribution is -2.54. The second-order valence-corrected chi connectivity index (χ2v) is 11.4. The van der Waals surface area contributed by atoms with Crippen LogP contribution in [0, 0.1) is 0 Å². The summed E-state index contributed by atoms with van der Waals surface area (Å²) in [5.41, 5.74) is 2.16. The van der Waals surface area contributed by atoms with Crippen LogP contribution in [0.5, 0.6) is 5.75 Å². The van der Waals surface area contributed by atoms with Gasteiger partial charge >= 0.3 is 6.03 Å². The van der Waals surface area contributed by atoms with Crippen molar-refractivity contribution in [1.82, 2.24) is 10.4 Å². The molecule has 2 N–H and O–H groups in total. The van der Waals surface area contributed by atoms with Gasteiger partial charge in [0.15, 0.2) is 14.6 Å². The largest absolute Gasteiger partial charge is 0.494 e. The van der Waals surface area contributed by atoms with Gasteiger partial charge in [-0.2, -0.15) is 0 Å². The maximum atomic E-state index is 13.3. The molecular weight excluding hydrogens is 514 g/mol. The number of para-hydroxylation sites is 1. The van der Waals surface area contributed by atoms with Gasteiger partial charge in [-0.1, -0.05) is 25.1 Å². The SMILES string of the molecule is CC[C@@H]1C(=O)N(CCCOc2ccc(S(=O)(=O)C3(C(=O)NO)CCOCC3)cc2)C(=O)N1c1ccccc1. The number of hydrogen-bond donors (Lipinski definition) is 2. The third kappa shape index (κ3) is 4.98. The molecule has 2 aromatic rings. The van der Waals surface area contributed by atoms with Crippen molar-refractivity contribution < 1.29 is 37.5 Å². The molecule has 0 aliphatic carbocycles. The van der Waals surface area contributed by atoms with Gasteiger partial charge in [0, 0.05) is 25.4 Å². The summed E-state index contributed by atoms with van der Waals surface area (Å²) in [6.45, 7) is 2.41. The molecule has 2 aromatic carbocycles. The highest BCUT2D eigenvalue weighted by molar-refractivity contribution is 7.93. The number of sulfone groups is 1. The van der Waals surface area contributed by atoms with Crippen LogP contribution >= 0.6 is 0 Å². The van der Waals surface area contributed by atoms with E-state index in [0.717, 1.165) is 0 Å². The second-order valence-electron chi connectivity index (χ2n) is 9.13. The van der Waals surface area contributed by atoms with Crippen LogP contribution in [0.15, 0.2) is 59.5 Å². The Morgan fingerprint density at radius 1 is 1.11 bits per heavy atom. The Morgan fingerprint density at radius 2 is 1.76 bits per heavy atom. The van der Waals surface area contributed by atoms with Gasteiger partial charge in [-0.3, -0.25) is 24.6 Å². The molecule has 0 aromatic heterocycles. The Morgan fingerprint density at radius 3 is 2.37 bits per heavy atom. The molecule has 2 fully saturated rings. The minimum absolute atomic E-state index is 0.0739. The molecule has 11 nitrogen and oxygen atoms in total. The van der Waals surface area contributed by atoms with Crippen LogP contribution in [0.1, 0.15) is 32.6 Å². The first-order valence-corrected chi connectivity index (χ1v) is 13.9. The molecule has 2 aliphatic rings. The third-order valence-electron chi connectivity index (χ3n) is 6.98. The van der Waals surface area contributed by atoms with Crippen LogP contribution in [0.25, 0.3) is 0 Å². The van der Waals surface area contributed by atoms with E-state index in [0.29, 0.717) is 24.3 Å². The number of benzene rings is 2. The number of nitrogens with one attached hydrogen (secondary N) is 1. The monoisotopic (exact) mass is 545 g/mol. The van der Waals surface area contributed by atoms with Crippen LogP contribution in [0.3, 0.4) is 0 Å². The summed E-state index contributed by atoms with van der Waals surface area (Å²) in [6.07, 6.45) is 0.732. The van der Waals surface area contributed by atoms with Crippen LogP contribution < -0.4 is 15.1 Å². The average Bonchev–Trinajstić information content (AvgIpc) is 3.19. The van der Waals surface area contributed by atoms with Crippen LogP contribution in [0.2, 0.25) is 0 Å². The average molecular weight is 546 g/mol. The molecule has 2 saturated heterocycles. The third-order valence-corrected chi connectivity index (χ3v) is 9.50. The van der Waals surface area contributed by atoms with Crippen molar-refractivity contribution in [1.29, 1.82) is 0 Å². The van der Waals surface area contributed by atoms with Gasteiger partial charge in [0.2, 0.25) is 0 Å². The van der Waals surface area contributed by atoms with E-state index in [1.807, 2.05) is 25.1 Å². The lowest BCUT2D eigenvalue weighted by molar-refractivity contribution is -0.134. The van der Waals surface area contributed by atoms with E-state index in [1.54, 1.807) is 12.1 Å². The van der Waals surface area contributed by atoms with E-state index in [9.17, 15) is 22.8 Å². The lowest BCUT2D eigenvalue weighted by Gasteiger charge is -2.34. The molecule has 2 heterocycles. The highest BCUT2D eigenvalue weighted by Crippen LogP contribution is 2.36. The number of carbonyl (C=O) groups excluding carboxylic acids is 3. The number of hydrogen-bond acceptors (Lipinski definition) is 8. The topological polar surface area (TPSA) is 143 Å². The van der Waals surface area contributed by atoms with Crippen molar-refractivity contribution in [2.75, 3.05) is 31.3 Å². The van der Waals surface area contributed by atoms with Crippen molar-refractivity contribution in [3.8, 4) is 5.75 Å². The fraction of sp³-hybridized carbons (Fsp3) is 0.423. The van der Waals surface area contributed by atoms with E-state index >= 15 is 0 Å². The minimum atomic E-state index is -4.13. The summed E-state index contributed by atoms with van der Waals surface area (Å²) in [5.74, 6) is -0.832. The predicted molar refractivity (Wildman–Crippen MR) is 137 cm³/mol. The summed E-state index contributed by atoms with van der Waals surface area (Å²) in [4.78, 5) is 40.9. The molecule has 4 rings (SSSR count). The van der Waals surface area contributed by atoms with Gasteiger partial charge in [0.05, 0.1) is 11.5 Å². The van der Waals surface area contributed by atoms with Crippen LogP contribution in [-0.4, -0.2) is 73.5 Å². The summed E-state index contributed by atoms with van der Waals surface area (Å²) in [7, 11) is -4.13. The molecule has 204 valence electrons. The molecule has 1 atom stereocenters. The highest BCUT2D eigenvalue weighted by Gasteiger charge is 2.52. The zero-order chi connectivity index (χ0) is 27.3. The van der Waals surface area contributed by atoms with Gasteiger partial charge in [0.25, 0.3) is 11.8 Å². The molecule has 0 unspecified atom stereocenters. The standard InChI is InChI=1S/C26H31N3O8S/c1-2-22-23(30)28(25(32)29(22)19-7-4-3-5-8-19)15-6-16-37-20-9-11-21(12-10-20)38(34,35)26(24(31)27-33)13-17-36-18-14-26/h3-5,7-12,22,33H,2,6,13-18H2,1H3,(H,27,31)/t22-/m1/s1. The number of ether oxygens (including phenoxy) is 2. The second kappa shape index (κ2) is 11.5. The van der Waals surface area contributed by atoms with E-state index in [-0.39, 0.29) is 56.0 Å². The van der Waals surface area contributed by atoms with E-state index in [1.165, 1.54) is 39.5 Å². The highest BCUT2D eigenvalue weighted by atomic mass is 32.2. The maximum Gasteiger partial charge on any atom is 0.331 e. The maximum absolute atomic E-state index is 13.3. The van der Waals surface area contributed by atoms with Gasteiger partial charge in [0.1, 0.15) is 11.8 Å². The molecule has 4 amide bonds. The van der Waals surface area contributed by atoms with E-state index in [2.05, 4.69) is 0 Å². The summed E-state index contributed by atoms with van der Waals surface area (Å²) in [5, 5.41) is 9.17. The van der Waals surface area contributed by atoms with Crippen LogP contribution in [0.4, 0.5) is 10.5 Å². The van der Waals surface area contributed by atoms with Gasteiger partial charge in [-0.15, -0.1) is 0 Å². The quantitative estimate of drug-likeness (QED) is 0.201. The number of nitrogens with zero attached hydrogens (tertiary/aromatic N) is 2. The Labute approximate surface area is 221 Å². The number of urea groups is 1. The molecule has 0 radical (unpaired) electrons. The molecule has 0 saturated carbocycles. The molecule has 0 bridgehead atoms. The summed E-state index contributed by atoms with van der Waals surface area (Å²) in [6, 6.07) is 13.8. The van der Waals surface area contributed by atoms with Crippen molar-refractivity contribution in [2.24, 2.45) is 0 Å². The smallest absolute Gasteiger partial charge is 0.331 e. The van der Waals surface area contributed by atoms with Gasteiger partial charge in [-0.25, -0.2) is 18.7 Å². The normalized spacial score (nSPS) is 19.5. The van der Waals surface area contributed by atoms with Crippen molar-refractivity contribution >= 4 is 33.4 Å². The first kappa shape index (κ1) is 27.6. The number of hydroxylamine groups is 1. The molecule has 0 spiro atoms. The predicted octanol–water partition coefficient (Wildman–Crippen LogP) is 2.53. The number of amides is 4.